The predicted octanol–water partition coefficient (Wildman–Crippen LogP) is 4.37. The Labute approximate surface area is 186 Å². The first-order valence-electron chi connectivity index (χ1n) is 10.8. The zero-order chi connectivity index (χ0) is 21.8. The molecule has 0 amide bonds. The molecule has 0 spiro atoms. The average molecular weight is 436 g/mol. The fourth-order valence-electron chi connectivity index (χ4n) is 4.16. The second-order valence-electron chi connectivity index (χ2n) is 8.35. The number of pyridine rings is 1. The van der Waals surface area contributed by atoms with Gasteiger partial charge in [-0.3, -0.25) is 4.99 Å². The number of hydrogen-bond donors (Lipinski definition) is 0. The lowest BCUT2D eigenvalue weighted by atomic mass is 9.82. The monoisotopic (exact) mass is 436 g/mol. The SMILES string of the molecule is COc1ccc(C)cc1OC1CC(C(P)=NC2CCN(c3cc(C#N)ccn3)CC2)C1. The summed E-state index contributed by atoms with van der Waals surface area (Å²) in [7, 11) is 4.54. The number of aliphatic imine (C=N–C) groups is 1. The molecule has 1 aliphatic carbocycles. The number of hydrogen-bond acceptors (Lipinski definition) is 6. The second-order valence-corrected chi connectivity index (χ2v) is 8.94. The smallest absolute Gasteiger partial charge is 0.161 e. The summed E-state index contributed by atoms with van der Waals surface area (Å²) in [6.45, 7) is 3.89. The number of aryl methyl sites for hydroxylation is 1. The number of anilines is 1. The normalized spacial score (nSPS) is 21.9. The lowest BCUT2D eigenvalue weighted by Gasteiger charge is -2.37. The summed E-state index contributed by atoms with van der Waals surface area (Å²) in [4.78, 5) is 11.7. The number of methoxy groups -OCH3 is 1. The van der Waals surface area contributed by atoms with Gasteiger partial charge in [-0.05, 0) is 62.4 Å². The van der Waals surface area contributed by atoms with E-state index in [0.717, 1.165) is 56.1 Å². The van der Waals surface area contributed by atoms with Crippen LogP contribution in [0.1, 0.15) is 36.8 Å². The van der Waals surface area contributed by atoms with Crippen LogP contribution in [0, 0.1) is 24.2 Å². The van der Waals surface area contributed by atoms with Crippen LogP contribution in [0.25, 0.3) is 0 Å². The fourth-order valence-corrected chi connectivity index (χ4v) is 4.64. The number of aromatic nitrogens is 1. The molecule has 31 heavy (non-hydrogen) atoms. The molecule has 2 heterocycles. The Morgan fingerprint density at radius 1 is 1.19 bits per heavy atom. The van der Waals surface area contributed by atoms with Crippen LogP contribution < -0.4 is 14.4 Å². The molecule has 1 saturated heterocycles. The summed E-state index contributed by atoms with van der Waals surface area (Å²) >= 11 is 0. The molecule has 2 fully saturated rings. The Morgan fingerprint density at radius 2 is 1.97 bits per heavy atom. The first-order chi connectivity index (χ1) is 15.1. The van der Waals surface area contributed by atoms with Gasteiger partial charge in [-0.1, -0.05) is 15.3 Å². The highest BCUT2D eigenvalue weighted by Gasteiger charge is 2.34. The van der Waals surface area contributed by atoms with Crippen LogP contribution in [0.15, 0.2) is 41.5 Å². The number of ether oxygens (including phenoxy) is 2. The predicted molar refractivity (Wildman–Crippen MR) is 126 cm³/mol. The topological polar surface area (TPSA) is 70.7 Å². The van der Waals surface area contributed by atoms with Gasteiger partial charge < -0.3 is 14.4 Å². The summed E-state index contributed by atoms with van der Waals surface area (Å²) in [6.07, 6.45) is 5.91. The van der Waals surface area contributed by atoms with Crippen LogP contribution in [0.5, 0.6) is 11.5 Å². The molecule has 1 aliphatic heterocycles. The second kappa shape index (κ2) is 9.66. The quantitative estimate of drug-likeness (QED) is 0.497. The molecular weight excluding hydrogens is 407 g/mol. The van der Waals surface area contributed by atoms with Crippen LogP contribution >= 0.6 is 9.24 Å². The van der Waals surface area contributed by atoms with Crippen molar-refractivity contribution in [2.75, 3.05) is 25.1 Å². The third-order valence-corrected chi connectivity index (χ3v) is 6.74. The molecular formula is C24H29N4O2P. The van der Waals surface area contributed by atoms with E-state index in [9.17, 15) is 0 Å². The van der Waals surface area contributed by atoms with Gasteiger partial charge in [0.25, 0.3) is 0 Å². The van der Waals surface area contributed by atoms with E-state index in [1.165, 1.54) is 11.0 Å². The van der Waals surface area contributed by atoms with E-state index >= 15 is 0 Å². The summed E-state index contributed by atoms with van der Waals surface area (Å²) < 4.78 is 11.6. The molecule has 0 bridgehead atoms. The maximum atomic E-state index is 9.09. The van der Waals surface area contributed by atoms with Gasteiger partial charge >= 0.3 is 0 Å². The minimum atomic E-state index is 0.215. The van der Waals surface area contributed by atoms with Crippen LogP contribution in [0.4, 0.5) is 5.82 Å². The summed E-state index contributed by atoms with van der Waals surface area (Å²) in [5, 5.41) is 9.09. The molecule has 1 atom stereocenters. The van der Waals surface area contributed by atoms with E-state index < -0.39 is 0 Å². The average Bonchev–Trinajstić information content (AvgIpc) is 2.76. The molecule has 6 nitrogen and oxygen atoms in total. The third kappa shape index (κ3) is 5.17. The van der Waals surface area contributed by atoms with Gasteiger partial charge in [0.1, 0.15) is 11.9 Å². The largest absolute Gasteiger partial charge is 0.493 e. The van der Waals surface area contributed by atoms with Gasteiger partial charge in [-0.25, -0.2) is 4.98 Å². The molecule has 2 aliphatic rings. The Kier molecular flexibility index (Phi) is 6.73. The number of rotatable bonds is 6. The van der Waals surface area contributed by atoms with E-state index in [0.29, 0.717) is 17.5 Å². The zero-order valence-corrected chi connectivity index (χ0v) is 19.3. The van der Waals surface area contributed by atoms with Crippen molar-refractivity contribution in [3.63, 3.8) is 0 Å². The number of nitrogens with zero attached hydrogens (tertiary/aromatic N) is 4. The maximum Gasteiger partial charge on any atom is 0.161 e. The van der Waals surface area contributed by atoms with E-state index in [-0.39, 0.29) is 6.10 Å². The highest BCUT2D eigenvalue weighted by atomic mass is 31.0. The van der Waals surface area contributed by atoms with Gasteiger partial charge in [-0.15, -0.1) is 0 Å². The number of nitriles is 1. The fraction of sp³-hybridized carbons (Fsp3) is 0.458. The van der Waals surface area contributed by atoms with Gasteiger partial charge in [-0.2, -0.15) is 5.26 Å². The van der Waals surface area contributed by atoms with Crippen LogP contribution in [-0.4, -0.2) is 42.8 Å². The van der Waals surface area contributed by atoms with E-state index in [1.54, 1.807) is 19.4 Å². The van der Waals surface area contributed by atoms with Gasteiger partial charge in [0, 0.05) is 30.7 Å². The van der Waals surface area contributed by atoms with Crippen molar-refractivity contribution in [3.05, 3.63) is 47.7 Å². The number of piperidine rings is 1. The molecule has 1 unspecified atom stereocenters. The molecule has 0 N–H and O–H groups in total. The van der Waals surface area contributed by atoms with E-state index in [1.807, 2.05) is 24.3 Å². The highest BCUT2D eigenvalue weighted by molar-refractivity contribution is 7.40. The lowest BCUT2D eigenvalue weighted by Crippen LogP contribution is -2.39. The Hall–Kier alpha value is -2.64. The van der Waals surface area contributed by atoms with Crippen molar-refractivity contribution < 1.29 is 9.47 Å². The highest BCUT2D eigenvalue weighted by Crippen LogP contribution is 2.38. The summed E-state index contributed by atoms with van der Waals surface area (Å²) in [5.74, 6) is 2.97. The third-order valence-electron chi connectivity index (χ3n) is 6.12. The van der Waals surface area contributed by atoms with Crippen LogP contribution in [0.3, 0.4) is 0 Å². The Bertz CT molecular complexity index is 989. The molecule has 0 radical (unpaired) electrons. The van der Waals surface area contributed by atoms with E-state index in [2.05, 4.69) is 32.1 Å². The van der Waals surface area contributed by atoms with Gasteiger partial charge in [0.05, 0.1) is 24.8 Å². The van der Waals surface area contributed by atoms with Crippen molar-refractivity contribution in [3.8, 4) is 17.6 Å². The molecule has 4 rings (SSSR count). The number of benzene rings is 1. The van der Waals surface area contributed by atoms with Crippen molar-refractivity contribution in [2.24, 2.45) is 10.9 Å². The minimum Gasteiger partial charge on any atom is -0.493 e. The first kappa shape index (κ1) is 21.6. The Balaban J connectivity index is 1.27. The van der Waals surface area contributed by atoms with Crippen molar-refractivity contribution in [1.29, 1.82) is 5.26 Å². The molecule has 1 saturated carbocycles. The minimum absolute atomic E-state index is 0.215. The molecule has 1 aromatic heterocycles. The van der Waals surface area contributed by atoms with Crippen LogP contribution in [0.2, 0.25) is 0 Å². The van der Waals surface area contributed by atoms with Crippen molar-refractivity contribution in [1.82, 2.24) is 4.98 Å². The lowest BCUT2D eigenvalue weighted by molar-refractivity contribution is 0.0915. The van der Waals surface area contributed by atoms with Crippen molar-refractivity contribution >= 4 is 20.5 Å². The van der Waals surface area contributed by atoms with Crippen molar-refractivity contribution in [2.45, 2.75) is 44.8 Å². The first-order valence-corrected chi connectivity index (χ1v) is 11.4. The molecule has 2 aromatic rings. The van der Waals surface area contributed by atoms with Crippen LogP contribution in [-0.2, 0) is 0 Å². The standard InChI is InChI=1S/C24H29N4O2P/c1-16-3-4-21(29-2)22(11-16)30-20-13-18(14-20)24(31)27-19-6-9-28(10-7-19)23-12-17(15-25)5-8-26-23/h3-5,8,11-12,18-20H,6-7,9-10,13-14,31H2,1-2H3. The summed E-state index contributed by atoms with van der Waals surface area (Å²) in [6, 6.07) is 12.2. The molecule has 162 valence electrons. The molecule has 1 aromatic carbocycles. The zero-order valence-electron chi connectivity index (χ0n) is 18.1. The van der Waals surface area contributed by atoms with Gasteiger partial charge in [0.15, 0.2) is 11.5 Å². The Morgan fingerprint density at radius 3 is 2.68 bits per heavy atom. The van der Waals surface area contributed by atoms with E-state index in [4.69, 9.17) is 19.7 Å². The maximum absolute atomic E-state index is 9.09. The molecule has 7 heteroatoms. The van der Waals surface area contributed by atoms with Gasteiger partial charge in [0.2, 0.25) is 0 Å². The summed E-state index contributed by atoms with van der Waals surface area (Å²) in [5.41, 5.74) is 2.99.